The largest absolute Gasteiger partial charge is 0.298 e. The molecule has 0 saturated carbocycles. The molecular formula is C18H15N3O3S. The lowest BCUT2D eigenvalue weighted by Gasteiger charge is -2.10. The second-order valence-electron chi connectivity index (χ2n) is 5.82. The van der Waals surface area contributed by atoms with E-state index in [9.17, 15) is 20.2 Å². The summed E-state index contributed by atoms with van der Waals surface area (Å²) in [5, 5.41) is 20.9. The average Bonchev–Trinajstić information content (AvgIpc) is 2.85. The molecule has 6 nitrogen and oxygen atoms in total. The number of fused-ring (bicyclic) bond motifs is 1. The lowest BCUT2D eigenvalue weighted by atomic mass is 10.1. The molecule has 0 spiro atoms. The Morgan fingerprint density at radius 3 is 2.76 bits per heavy atom. The van der Waals surface area contributed by atoms with Gasteiger partial charge in [0.25, 0.3) is 5.69 Å². The number of rotatable bonds is 4. The second-order valence-corrected chi connectivity index (χ2v) is 6.85. The van der Waals surface area contributed by atoms with Gasteiger partial charge < -0.3 is 0 Å². The van der Waals surface area contributed by atoms with Gasteiger partial charge in [0.05, 0.1) is 10.5 Å². The minimum absolute atomic E-state index is 0.137. The third-order valence-corrected chi connectivity index (χ3v) is 5.27. The fourth-order valence-electron chi connectivity index (χ4n) is 2.89. The summed E-state index contributed by atoms with van der Waals surface area (Å²) in [7, 11) is 0. The SMILES string of the molecule is N#Cc1cc2c(nc1Sc1ccc([N+](=O)[O-])cc1C=O)CCCCC2. The number of nitro benzene ring substituents is 1. The molecule has 3 rings (SSSR count). The van der Waals surface area contributed by atoms with Crippen molar-refractivity contribution in [1.29, 1.82) is 5.26 Å². The number of nitro groups is 1. The Balaban J connectivity index is 2.00. The maximum Gasteiger partial charge on any atom is 0.270 e. The van der Waals surface area contributed by atoms with Crippen molar-refractivity contribution in [3.05, 3.63) is 56.8 Å². The molecular weight excluding hydrogens is 338 g/mol. The van der Waals surface area contributed by atoms with Crippen LogP contribution in [0.15, 0.2) is 34.2 Å². The van der Waals surface area contributed by atoms with Crippen LogP contribution in [0.4, 0.5) is 5.69 Å². The fraction of sp³-hybridized carbons (Fsp3) is 0.278. The fourth-order valence-corrected chi connectivity index (χ4v) is 3.83. The Hall–Kier alpha value is -2.72. The second kappa shape index (κ2) is 7.45. The summed E-state index contributed by atoms with van der Waals surface area (Å²) in [6.45, 7) is 0. The van der Waals surface area contributed by atoms with E-state index >= 15 is 0 Å². The van der Waals surface area contributed by atoms with Crippen molar-refractivity contribution in [2.75, 3.05) is 0 Å². The third kappa shape index (κ3) is 3.69. The smallest absolute Gasteiger partial charge is 0.270 e. The molecule has 0 fully saturated rings. The number of pyridine rings is 1. The zero-order chi connectivity index (χ0) is 17.8. The lowest BCUT2D eigenvalue weighted by molar-refractivity contribution is -0.384. The van der Waals surface area contributed by atoms with Crippen molar-refractivity contribution in [3.8, 4) is 6.07 Å². The highest BCUT2D eigenvalue weighted by Crippen LogP contribution is 2.34. The van der Waals surface area contributed by atoms with Crippen molar-refractivity contribution in [2.24, 2.45) is 0 Å². The molecule has 0 atom stereocenters. The van der Waals surface area contributed by atoms with Gasteiger partial charge in [-0.25, -0.2) is 4.98 Å². The zero-order valence-electron chi connectivity index (χ0n) is 13.4. The number of aldehydes is 1. The van der Waals surface area contributed by atoms with Crippen molar-refractivity contribution in [1.82, 2.24) is 4.98 Å². The van der Waals surface area contributed by atoms with Crippen molar-refractivity contribution in [2.45, 2.75) is 42.0 Å². The predicted octanol–water partition coefficient (Wildman–Crippen LogP) is 4.09. The van der Waals surface area contributed by atoms with E-state index in [1.165, 1.54) is 30.0 Å². The molecule has 1 aromatic heterocycles. The molecule has 2 aromatic rings. The van der Waals surface area contributed by atoms with E-state index in [2.05, 4.69) is 11.1 Å². The lowest BCUT2D eigenvalue weighted by Crippen LogP contribution is -2.00. The molecule has 1 aliphatic carbocycles. The normalized spacial score (nSPS) is 13.4. The highest BCUT2D eigenvalue weighted by Gasteiger charge is 2.17. The van der Waals surface area contributed by atoms with Gasteiger partial charge in [0.1, 0.15) is 11.1 Å². The number of non-ortho nitro benzene ring substituents is 1. The van der Waals surface area contributed by atoms with Crippen LogP contribution in [-0.2, 0) is 12.8 Å². The first-order valence-corrected chi connectivity index (χ1v) is 8.78. The number of aromatic nitrogens is 1. The first-order valence-electron chi connectivity index (χ1n) is 7.96. The van der Waals surface area contributed by atoms with Crippen LogP contribution >= 0.6 is 11.8 Å². The van der Waals surface area contributed by atoms with Crippen molar-refractivity contribution < 1.29 is 9.72 Å². The van der Waals surface area contributed by atoms with Gasteiger partial charge in [-0.15, -0.1) is 0 Å². The number of carbonyl (C=O) groups is 1. The Bertz CT molecular complexity index is 890. The molecule has 0 radical (unpaired) electrons. The van der Waals surface area contributed by atoms with Gasteiger partial charge in [0.2, 0.25) is 0 Å². The van der Waals surface area contributed by atoms with E-state index in [0.29, 0.717) is 21.8 Å². The van der Waals surface area contributed by atoms with Crippen LogP contribution in [0.3, 0.4) is 0 Å². The maximum atomic E-state index is 11.3. The van der Waals surface area contributed by atoms with E-state index in [1.54, 1.807) is 0 Å². The van der Waals surface area contributed by atoms with Gasteiger partial charge in [-0.2, -0.15) is 5.26 Å². The Labute approximate surface area is 149 Å². The molecule has 0 saturated heterocycles. The molecule has 126 valence electrons. The molecule has 0 aliphatic heterocycles. The van der Waals surface area contributed by atoms with Gasteiger partial charge in [0, 0.05) is 28.3 Å². The summed E-state index contributed by atoms with van der Waals surface area (Å²) in [5.74, 6) is 0. The van der Waals surface area contributed by atoms with Gasteiger partial charge in [-0.05, 0) is 43.4 Å². The first-order chi connectivity index (χ1) is 12.1. The molecule has 0 bridgehead atoms. The molecule has 1 aromatic carbocycles. The number of benzene rings is 1. The van der Waals surface area contributed by atoms with E-state index in [-0.39, 0.29) is 11.3 Å². The molecule has 0 amide bonds. The highest BCUT2D eigenvalue weighted by molar-refractivity contribution is 7.99. The predicted molar refractivity (Wildman–Crippen MR) is 92.8 cm³/mol. The monoisotopic (exact) mass is 353 g/mol. The molecule has 1 aliphatic rings. The van der Waals surface area contributed by atoms with Crippen molar-refractivity contribution >= 4 is 23.7 Å². The quantitative estimate of drug-likeness (QED) is 0.355. The highest BCUT2D eigenvalue weighted by atomic mass is 32.2. The number of aryl methyl sites for hydroxylation is 2. The van der Waals surface area contributed by atoms with E-state index in [1.807, 2.05) is 6.07 Å². The van der Waals surface area contributed by atoms with Crippen LogP contribution in [-0.4, -0.2) is 16.2 Å². The minimum Gasteiger partial charge on any atom is -0.298 e. The Kier molecular flexibility index (Phi) is 5.10. The van der Waals surface area contributed by atoms with Crippen LogP contribution in [0.5, 0.6) is 0 Å². The van der Waals surface area contributed by atoms with Gasteiger partial charge in [-0.3, -0.25) is 14.9 Å². The third-order valence-electron chi connectivity index (χ3n) is 4.17. The number of nitrogens with zero attached hydrogens (tertiary/aromatic N) is 3. The minimum atomic E-state index is -0.539. The van der Waals surface area contributed by atoms with E-state index in [4.69, 9.17) is 0 Å². The molecule has 1 heterocycles. The number of hydrogen-bond donors (Lipinski definition) is 0. The number of nitriles is 1. The van der Waals surface area contributed by atoms with Gasteiger partial charge >= 0.3 is 0 Å². The summed E-state index contributed by atoms with van der Waals surface area (Å²) in [6, 6.07) is 8.19. The van der Waals surface area contributed by atoms with E-state index in [0.717, 1.165) is 43.4 Å². The summed E-state index contributed by atoms with van der Waals surface area (Å²) >= 11 is 1.20. The van der Waals surface area contributed by atoms with E-state index < -0.39 is 4.92 Å². The van der Waals surface area contributed by atoms with Gasteiger partial charge in [-0.1, -0.05) is 18.2 Å². The molecule has 0 unspecified atom stereocenters. The maximum absolute atomic E-state index is 11.3. The summed E-state index contributed by atoms with van der Waals surface area (Å²) in [5.41, 5.74) is 2.69. The summed E-state index contributed by atoms with van der Waals surface area (Å²) in [4.78, 5) is 26.8. The summed E-state index contributed by atoms with van der Waals surface area (Å²) in [6.07, 6.45) is 5.73. The molecule has 0 N–H and O–H groups in total. The van der Waals surface area contributed by atoms with Gasteiger partial charge in [0.15, 0.2) is 6.29 Å². The van der Waals surface area contributed by atoms with Crippen molar-refractivity contribution in [3.63, 3.8) is 0 Å². The summed E-state index contributed by atoms with van der Waals surface area (Å²) < 4.78 is 0. The number of carbonyl (C=O) groups excluding carboxylic acids is 1. The van der Waals surface area contributed by atoms with Crippen LogP contribution in [0.1, 0.15) is 46.4 Å². The molecule has 25 heavy (non-hydrogen) atoms. The Morgan fingerprint density at radius 2 is 2.04 bits per heavy atom. The average molecular weight is 353 g/mol. The van der Waals surface area contributed by atoms with Crippen LogP contribution in [0.25, 0.3) is 0 Å². The first kappa shape index (κ1) is 17.1. The molecule has 7 heteroatoms. The van der Waals surface area contributed by atoms with Crippen LogP contribution in [0.2, 0.25) is 0 Å². The van der Waals surface area contributed by atoms with Crippen LogP contribution < -0.4 is 0 Å². The standard InChI is InChI=1S/C18H15N3O3S/c19-10-13-8-12-4-2-1-3-5-16(12)20-18(13)25-17-7-6-15(21(23)24)9-14(17)11-22/h6-9,11H,1-5H2. The van der Waals surface area contributed by atoms with Crippen LogP contribution in [0, 0.1) is 21.4 Å². The zero-order valence-corrected chi connectivity index (χ0v) is 14.2. The topological polar surface area (TPSA) is 96.9 Å². The Morgan fingerprint density at radius 1 is 1.24 bits per heavy atom. The number of hydrogen-bond acceptors (Lipinski definition) is 6.